The van der Waals surface area contributed by atoms with Crippen molar-refractivity contribution in [2.24, 2.45) is 0 Å². The number of rotatable bonds is 10. The fourth-order valence-electron chi connectivity index (χ4n) is 3.55. The van der Waals surface area contributed by atoms with Gasteiger partial charge in [-0.3, -0.25) is 4.79 Å². The van der Waals surface area contributed by atoms with Crippen LogP contribution in [0.2, 0.25) is 10.0 Å². The van der Waals surface area contributed by atoms with Crippen molar-refractivity contribution >= 4 is 39.1 Å². The summed E-state index contributed by atoms with van der Waals surface area (Å²) >= 11 is 12.2. The van der Waals surface area contributed by atoms with Gasteiger partial charge in [0.05, 0.1) is 24.7 Å². The number of halogens is 2. The second-order valence-electron chi connectivity index (χ2n) is 7.68. The number of sulfonamides is 1. The first kappa shape index (κ1) is 26.0. The van der Waals surface area contributed by atoms with Gasteiger partial charge in [-0.1, -0.05) is 71.7 Å². The van der Waals surface area contributed by atoms with E-state index in [1.807, 2.05) is 55.5 Å². The van der Waals surface area contributed by atoms with Crippen molar-refractivity contribution in [3.63, 3.8) is 0 Å². The average molecular weight is 521 g/mol. The molecule has 1 atom stereocenters. The molecule has 0 aliphatic heterocycles. The van der Waals surface area contributed by atoms with Crippen molar-refractivity contribution in [1.82, 2.24) is 9.62 Å². The third-order valence-corrected chi connectivity index (χ3v) is 7.87. The Balaban J connectivity index is 1.84. The molecule has 3 rings (SSSR count). The summed E-state index contributed by atoms with van der Waals surface area (Å²) in [6.07, 6.45) is 0.424. The molecule has 1 amide bonds. The molecule has 0 saturated carbocycles. The van der Waals surface area contributed by atoms with E-state index in [1.54, 1.807) is 13.2 Å². The number of nitrogens with one attached hydrogen (secondary N) is 1. The number of carbonyl (C=O) groups excluding carboxylic acids is 1. The Morgan fingerprint density at radius 2 is 1.71 bits per heavy atom. The number of carbonyl (C=O) groups is 1. The number of hydrogen-bond donors (Lipinski definition) is 1. The van der Waals surface area contributed by atoms with Gasteiger partial charge < -0.3 is 10.1 Å². The smallest absolute Gasteiger partial charge is 0.245 e. The predicted molar refractivity (Wildman–Crippen MR) is 135 cm³/mol. The lowest BCUT2D eigenvalue weighted by molar-refractivity contribution is -0.121. The van der Waals surface area contributed by atoms with E-state index in [1.165, 1.54) is 18.2 Å². The Morgan fingerprint density at radius 1 is 1.03 bits per heavy atom. The fourth-order valence-corrected chi connectivity index (χ4v) is 5.68. The van der Waals surface area contributed by atoms with E-state index in [2.05, 4.69) is 5.32 Å². The average Bonchev–Trinajstić information content (AvgIpc) is 2.83. The molecule has 0 unspecified atom stereocenters. The maximum Gasteiger partial charge on any atom is 0.245 e. The third-order valence-electron chi connectivity index (χ3n) is 5.31. The molecular weight excluding hydrogens is 495 g/mol. The lowest BCUT2D eigenvalue weighted by Gasteiger charge is -2.24. The van der Waals surface area contributed by atoms with Gasteiger partial charge >= 0.3 is 0 Å². The Morgan fingerprint density at radius 3 is 2.41 bits per heavy atom. The van der Waals surface area contributed by atoms with Crippen LogP contribution in [-0.4, -0.2) is 38.8 Å². The van der Waals surface area contributed by atoms with E-state index in [0.717, 1.165) is 15.4 Å². The molecule has 34 heavy (non-hydrogen) atoms. The second kappa shape index (κ2) is 11.7. The van der Waals surface area contributed by atoms with Crippen molar-refractivity contribution in [3.8, 4) is 5.75 Å². The predicted octanol–water partition coefficient (Wildman–Crippen LogP) is 5.11. The van der Waals surface area contributed by atoms with Gasteiger partial charge in [0.1, 0.15) is 10.6 Å². The van der Waals surface area contributed by atoms with E-state index in [9.17, 15) is 13.2 Å². The summed E-state index contributed by atoms with van der Waals surface area (Å²) in [4.78, 5) is 12.8. The molecule has 3 aromatic rings. The molecule has 0 heterocycles. The van der Waals surface area contributed by atoms with Gasteiger partial charge in [-0.05, 0) is 43.2 Å². The van der Waals surface area contributed by atoms with Crippen LogP contribution in [0, 0.1) is 0 Å². The maximum absolute atomic E-state index is 13.5. The molecule has 0 fully saturated rings. The van der Waals surface area contributed by atoms with Crippen LogP contribution >= 0.6 is 23.2 Å². The molecule has 0 radical (unpaired) electrons. The number of para-hydroxylation sites is 1. The molecule has 0 aliphatic rings. The van der Waals surface area contributed by atoms with E-state index in [4.69, 9.17) is 27.9 Å². The quantitative estimate of drug-likeness (QED) is 0.402. The van der Waals surface area contributed by atoms with Crippen LogP contribution < -0.4 is 10.1 Å². The van der Waals surface area contributed by atoms with Gasteiger partial charge in [0.15, 0.2) is 0 Å². The molecule has 3 aromatic carbocycles. The number of amides is 1. The van der Waals surface area contributed by atoms with Crippen LogP contribution in [0.25, 0.3) is 0 Å². The van der Waals surface area contributed by atoms with E-state index in [0.29, 0.717) is 12.2 Å². The Labute approximate surface area is 210 Å². The summed E-state index contributed by atoms with van der Waals surface area (Å²) in [6, 6.07) is 20.6. The highest BCUT2D eigenvalue weighted by atomic mass is 35.5. The Bertz CT molecular complexity index is 1240. The molecular formula is C25H26Cl2N2O4S. The lowest BCUT2D eigenvalue weighted by atomic mass is 10.1. The zero-order valence-corrected chi connectivity index (χ0v) is 21.2. The lowest BCUT2D eigenvalue weighted by Crippen LogP contribution is -2.42. The molecule has 180 valence electrons. The van der Waals surface area contributed by atoms with Crippen molar-refractivity contribution in [2.75, 3.05) is 20.2 Å². The zero-order chi connectivity index (χ0) is 24.7. The van der Waals surface area contributed by atoms with Crippen molar-refractivity contribution in [2.45, 2.75) is 24.3 Å². The van der Waals surface area contributed by atoms with E-state index < -0.39 is 22.0 Å². The molecule has 0 aromatic heterocycles. The molecule has 9 heteroatoms. The van der Waals surface area contributed by atoms with Crippen LogP contribution in [0.1, 0.15) is 24.1 Å². The highest BCUT2D eigenvalue weighted by Gasteiger charge is 2.29. The van der Waals surface area contributed by atoms with E-state index in [-0.39, 0.29) is 28.0 Å². The number of methoxy groups -OCH3 is 1. The van der Waals surface area contributed by atoms with Gasteiger partial charge in [0.2, 0.25) is 15.9 Å². The van der Waals surface area contributed by atoms with Gasteiger partial charge in [-0.25, -0.2) is 8.42 Å². The normalized spacial score (nSPS) is 12.4. The number of hydrogen-bond acceptors (Lipinski definition) is 4. The summed E-state index contributed by atoms with van der Waals surface area (Å²) < 4.78 is 33.5. The monoisotopic (exact) mass is 520 g/mol. The van der Waals surface area contributed by atoms with Crippen molar-refractivity contribution in [1.29, 1.82) is 0 Å². The van der Waals surface area contributed by atoms with Gasteiger partial charge in [0, 0.05) is 17.1 Å². The maximum atomic E-state index is 13.5. The van der Waals surface area contributed by atoms with Crippen LogP contribution in [0.5, 0.6) is 5.75 Å². The van der Waals surface area contributed by atoms with Crippen LogP contribution in [0.15, 0.2) is 77.7 Å². The minimum absolute atomic E-state index is 0.0388. The van der Waals surface area contributed by atoms with Crippen molar-refractivity contribution in [3.05, 3.63) is 94.0 Å². The SMILES string of the molecule is COc1ccccc1[C@H](C)NC(=O)CN(CCc1ccccc1)S(=O)(=O)c1cc(Cl)ccc1Cl. The second-order valence-corrected chi connectivity index (χ2v) is 10.4. The Hall–Kier alpha value is -2.58. The summed E-state index contributed by atoms with van der Waals surface area (Å²) in [7, 11) is -2.55. The van der Waals surface area contributed by atoms with Crippen LogP contribution in [-0.2, 0) is 21.2 Å². The van der Waals surface area contributed by atoms with Crippen molar-refractivity contribution < 1.29 is 17.9 Å². The number of ether oxygens (including phenoxy) is 1. The Kier molecular flexibility index (Phi) is 8.97. The van der Waals surface area contributed by atoms with Gasteiger partial charge in [-0.2, -0.15) is 4.31 Å². The summed E-state index contributed by atoms with van der Waals surface area (Å²) in [5.41, 5.74) is 1.73. The fraction of sp³-hybridized carbons (Fsp3) is 0.240. The summed E-state index contributed by atoms with van der Waals surface area (Å²) in [6.45, 7) is 1.52. The minimum atomic E-state index is -4.10. The highest BCUT2D eigenvalue weighted by Crippen LogP contribution is 2.28. The van der Waals surface area contributed by atoms with Gasteiger partial charge in [0.25, 0.3) is 0 Å². The van der Waals surface area contributed by atoms with Crippen LogP contribution in [0.3, 0.4) is 0 Å². The number of nitrogens with zero attached hydrogens (tertiary/aromatic N) is 1. The largest absolute Gasteiger partial charge is 0.496 e. The molecule has 0 spiro atoms. The minimum Gasteiger partial charge on any atom is -0.496 e. The third kappa shape index (κ3) is 6.51. The van der Waals surface area contributed by atoms with Gasteiger partial charge in [-0.15, -0.1) is 0 Å². The highest BCUT2D eigenvalue weighted by molar-refractivity contribution is 7.89. The standard InChI is InChI=1S/C25H26Cl2N2O4S/c1-18(21-10-6-7-11-23(21)33-2)28-25(30)17-29(15-14-19-8-4-3-5-9-19)34(31,32)24-16-20(26)12-13-22(24)27/h3-13,16,18H,14-15,17H2,1-2H3,(H,28,30)/t18-/m0/s1. The van der Waals surface area contributed by atoms with Crippen LogP contribution in [0.4, 0.5) is 0 Å². The topological polar surface area (TPSA) is 75.7 Å². The van der Waals surface area contributed by atoms with E-state index >= 15 is 0 Å². The first-order chi connectivity index (χ1) is 16.2. The molecule has 0 bridgehead atoms. The summed E-state index contributed by atoms with van der Waals surface area (Å²) in [5.74, 6) is 0.183. The molecule has 0 aliphatic carbocycles. The zero-order valence-electron chi connectivity index (χ0n) is 18.9. The molecule has 1 N–H and O–H groups in total. The number of benzene rings is 3. The molecule has 6 nitrogen and oxygen atoms in total. The summed E-state index contributed by atoms with van der Waals surface area (Å²) in [5, 5.41) is 3.14. The molecule has 0 saturated heterocycles. The first-order valence-electron chi connectivity index (χ1n) is 10.6. The first-order valence-corrected chi connectivity index (χ1v) is 12.8.